The SMILES string of the molecule is COC1C[CH]CC(OC)C1OC. The van der Waals surface area contributed by atoms with Crippen LogP contribution >= 0.6 is 0 Å². The molecule has 1 saturated carbocycles. The first-order valence-electron chi connectivity index (χ1n) is 4.23. The molecule has 0 aliphatic heterocycles. The van der Waals surface area contributed by atoms with Crippen molar-refractivity contribution in [2.45, 2.75) is 31.2 Å². The normalized spacial score (nSPS) is 36.8. The van der Waals surface area contributed by atoms with Gasteiger partial charge in [-0.15, -0.1) is 0 Å². The maximum atomic E-state index is 5.33. The molecule has 3 nitrogen and oxygen atoms in total. The summed E-state index contributed by atoms with van der Waals surface area (Å²) in [7, 11) is 5.12. The fraction of sp³-hybridized carbons (Fsp3) is 0.889. The lowest BCUT2D eigenvalue weighted by Gasteiger charge is -2.35. The van der Waals surface area contributed by atoms with Crippen LogP contribution in [0.25, 0.3) is 0 Å². The molecule has 0 heterocycles. The Morgan fingerprint density at radius 3 is 1.75 bits per heavy atom. The smallest absolute Gasteiger partial charge is 0.109 e. The number of hydrogen-bond acceptors (Lipinski definition) is 3. The van der Waals surface area contributed by atoms with Crippen molar-refractivity contribution in [3.63, 3.8) is 0 Å². The molecule has 12 heavy (non-hydrogen) atoms. The topological polar surface area (TPSA) is 27.7 Å². The summed E-state index contributed by atoms with van der Waals surface area (Å²) in [6, 6.07) is 0. The molecule has 71 valence electrons. The van der Waals surface area contributed by atoms with E-state index in [9.17, 15) is 0 Å². The lowest BCUT2D eigenvalue weighted by Crippen LogP contribution is -2.44. The highest BCUT2D eigenvalue weighted by Gasteiger charge is 2.33. The van der Waals surface area contributed by atoms with E-state index >= 15 is 0 Å². The van der Waals surface area contributed by atoms with Gasteiger partial charge in [-0.1, -0.05) is 0 Å². The van der Waals surface area contributed by atoms with Gasteiger partial charge in [0.05, 0.1) is 12.2 Å². The van der Waals surface area contributed by atoms with Gasteiger partial charge in [-0.25, -0.2) is 0 Å². The van der Waals surface area contributed by atoms with Gasteiger partial charge in [0.1, 0.15) is 6.10 Å². The van der Waals surface area contributed by atoms with E-state index in [2.05, 4.69) is 6.42 Å². The van der Waals surface area contributed by atoms with Gasteiger partial charge in [0.25, 0.3) is 0 Å². The summed E-state index contributed by atoms with van der Waals surface area (Å²) in [6.45, 7) is 0. The summed E-state index contributed by atoms with van der Waals surface area (Å²) in [5.74, 6) is 0. The summed E-state index contributed by atoms with van der Waals surface area (Å²) in [5.41, 5.74) is 0. The lowest BCUT2D eigenvalue weighted by atomic mass is 9.92. The van der Waals surface area contributed by atoms with Crippen LogP contribution in [0.3, 0.4) is 0 Å². The molecule has 3 heteroatoms. The van der Waals surface area contributed by atoms with Gasteiger partial charge in [0, 0.05) is 21.3 Å². The summed E-state index contributed by atoms with van der Waals surface area (Å²) in [4.78, 5) is 0. The summed E-state index contributed by atoms with van der Waals surface area (Å²) >= 11 is 0. The van der Waals surface area contributed by atoms with Crippen LogP contribution < -0.4 is 0 Å². The third-order valence-electron chi connectivity index (χ3n) is 2.41. The molecule has 0 aromatic carbocycles. The molecular formula is C9H17O3. The summed E-state index contributed by atoms with van der Waals surface area (Å²) < 4.78 is 15.9. The quantitative estimate of drug-likeness (QED) is 0.638. The van der Waals surface area contributed by atoms with Gasteiger partial charge in [0.2, 0.25) is 0 Å². The second-order valence-electron chi connectivity index (χ2n) is 3.01. The van der Waals surface area contributed by atoms with Gasteiger partial charge >= 0.3 is 0 Å². The van der Waals surface area contributed by atoms with E-state index in [1.165, 1.54) is 0 Å². The maximum absolute atomic E-state index is 5.33. The van der Waals surface area contributed by atoms with Crippen molar-refractivity contribution in [1.29, 1.82) is 0 Å². The highest BCUT2D eigenvalue weighted by Crippen LogP contribution is 2.24. The minimum absolute atomic E-state index is 0.0741. The zero-order chi connectivity index (χ0) is 8.97. The van der Waals surface area contributed by atoms with Crippen molar-refractivity contribution in [3.8, 4) is 0 Å². The van der Waals surface area contributed by atoms with Crippen LogP contribution in [0.15, 0.2) is 0 Å². The van der Waals surface area contributed by atoms with Crippen LogP contribution in [0.1, 0.15) is 12.8 Å². The Kier molecular flexibility index (Phi) is 3.98. The monoisotopic (exact) mass is 173 g/mol. The molecule has 1 rings (SSSR count). The molecule has 0 aromatic rings. The first kappa shape index (κ1) is 9.96. The molecule has 2 unspecified atom stereocenters. The molecular weight excluding hydrogens is 156 g/mol. The Balaban J connectivity index is 2.52. The second kappa shape index (κ2) is 4.80. The Labute approximate surface area is 74.0 Å². The second-order valence-corrected chi connectivity index (χ2v) is 3.01. The van der Waals surface area contributed by atoms with Crippen LogP contribution in [0, 0.1) is 6.42 Å². The highest BCUT2D eigenvalue weighted by atomic mass is 16.6. The predicted octanol–water partition coefficient (Wildman–Crippen LogP) is 1.03. The fourth-order valence-electron chi connectivity index (χ4n) is 1.70. The van der Waals surface area contributed by atoms with E-state index in [4.69, 9.17) is 14.2 Å². The minimum Gasteiger partial charge on any atom is -0.379 e. The Hall–Kier alpha value is -0.120. The average Bonchev–Trinajstić information content (AvgIpc) is 2.16. The molecule has 0 saturated heterocycles. The largest absolute Gasteiger partial charge is 0.379 e. The van der Waals surface area contributed by atoms with Crippen molar-refractivity contribution in [3.05, 3.63) is 6.42 Å². The molecule has 0 N–H and O–H groups in total. The van der Waals surface area contributed by atoms with Crippen molar-refractivity contribution in [1.82, 2.24) is 0 Å². The zero-order valence-electron chi connectivity index (χ0n) is 7.95. The maximum Gasteiger partial charge on any atom is 0.109 e. The Bertz CT molecular complexity index is 115. The number of rotatable bonds is 3. The first-order valence-corrected chi connectivity index (χ1v) is 4.23. The molecule has 0 bridgehead atoms. The number of hydrogen-bond donors (Lipinski definition) is 0. The Morgan fingerprint density at radius 1 is 0.917 bits per heavy atom. The van der Waals surface area contributed by atoms with E-state index in [-0.39, 0.29) is 18.3 Å². The number of methoxy groups -OCH3 is 3. The average molecular weight is 173 g/mol. The van der Waals surface area contributed by atoms with Gasteiger partial charge < -0.3 is 14.2 Å². The summed E-state index contributed by atoms with van der Waals surface area (Å²) in [6.07, 6.45) is 4.47. The predicted molar refractivity (Wildman–Crippen MR) is 45.9 cm³/mol. The third kappa shape index (κ3) is 1.97. The molecule has 1 aliphatic rings. The van der Waals surface area contributed by atoms with E-state index in [1.54, 1.807) is 21.3 Å². The minimum atomic E-state index is 0.0741. The Morgan fingerprint density at radius 2 is 1.42 bits per heavy atom. The lowest BCUT2D eigenvalue weighted by molar-refractivity contribution is -0.118. The molecule has 0 spiro atoms. The molecule has 0 aromatic heterocycles. The van der Waals surface area contributed by atoms with Crippen LogP contribution in [-0.2, 0) is 14.2 Å². The van der Waals surface area contributed by atoms with Crippen molar-refractivity contribution in [2.24, 2.45) is 0 Å². The molecule has 0 amide bonds. The van der Waals surface area contributed by atoms with E-state index in [0.717, 1.165) is 12.8 Å². The van der Waals surface area contributed by atoms with Crippen LogP contribution in [0.2, 0.25) is 0 Å². The molecule has 1 aliphatic carbocycles. The molecule has 1 fully saturated rings. The van der Waals surface area contributed by atoms with Crippen LogP contribution in [0.4, 0.5) is 0 Å². The van der Waals surface area contributed by atoms with E-state index < -0.39 is 0 Å². The van der Waals surface area contributed by atoms with Gasteiger partial charge in [-0.2, -0.15) is 0 Å². The fourth-order valence-corrected chi connectivity index (χ4v) is 1.70. The van der Waals surface area contributed by atoms with Crippen molar-refractivity contribution in [2.75, 3.05) is 21.3 Å². The zero-order valence-corrected chi connectivity index (χ0v) is 7.95. The van der Waals surface area contributed by atoms with Gasteiger partial charge in [0.15, 0.2) is 0 Å². The van der Waals surface area contributed by atoms with Gasteiger partial charge in [-0.3, -0.25) is 0 Å². The van der Waals surface area contributed by atoms with Crippen LogP contribution in [-0.4, -0.2) is 39.6 Å². The number of ether oxygens (including phenoxy) is 3. The van der Waals surface area contributed by atoms with Crippen LogP contribution in [0.5, 0.6) is 0 Å². The summed E-state index contributed by atoms with van der Waals surface area (Å²) in [5, 5.41) is 0. The van der Waals surface area contributed by atoms with E-state index in [0.29, 0.717) is 0 Å². The molecule has 2 atom stereocenters. The van der Waals surface area contributed by atoms with E-state index in [1.807, 2.05) is 0 Å². The highest BCUT2D eigenvalue weighted by molar-refractivity contribution is 4.92. The first-order chi connectivity index (χ1) is 5.83. The van der Waals surface area contributed by atoms with Crippen molar-refractivity contribution < 1.29 is 14.2 Å². The van der Waals surface area contributed by atoms with Gasteiger partial charge in [-0.05, 0) is 19.3 Å². The molecule has 1 radical (unpaired) electrons. The van der Waals surface area contributed by atoms with Crippen molar-refractivity contribution >= 4 is 0 Å². The third-order valence-corrected chi connectivity index (χ3v) is 2.41. The standard InChI is InChI=1S/C9H17O3/c1-10-7-5-4-6-8(11-2)9(7)12-3/h4,7-9H,5-6H2,1-3H3.